The highest BCUT2D eigenvalue weighted by Crippen LogP contribution is 2.57. The van der Waals surface area contributed by atoms with Crippen molar-refractivity contribution in [3.8, 4) is 0 Å². The standard InChI is InChI=1S/C9H11NO3/c11-7-5-1-4-2-6(5)9(3-4,10-7)8(12)13/h4-6H,1-3H2,(H,10,11)(H,12,13)/t4-,5+,6+,9-/m0/s1. The number of carbonyl (C=O) groups excluding carboxylic acids is 1. The third kappa shape index (κ3) is 0.641. The van der Waals surface area contributed by atoms with E-state index in [1.165, 1.54) is 0 Å². The lowest BCUT2D eigenvalue weighted by molar-refractivity contribution is -0.146. The van der Waals surface area contributed by atoms with Crippen molar-refractivity contribution in [1.82, 2.24) is 5.32 Å². The van der Waals surface area contributed by atoms with Gasteiger partial charge in [0.1, 0.15) is 5.54 Å². The van der Waals surface area contributed by atoms with Gasteiger partial charge in [0.15, 0.2) is 0 Å². The molecule has 0 aromatic heterocycles. The molecule has 0 radical (unpaired) electrons. The van der Waals surface area contributed by atoms with Crippen LogP contribution in [-0.2, 0) is 9.59 Å². The highest BCUT2D eigenvalue weighted by Gasteiger charge is 2.66. The SMILES string of the molecule is O=C1N[C@@]2(C(=O)O)C[C@@H]3C[C@@H]2[C@H]1C3. The highest BCUT2D eigenvalue weighted by molar-refractivity contribution is 5.94. The summed E-state index contributed by atoms with van der Waals surface area (Å²) >= 11 is 0. The minimum atomic E-state index is -0.884. The fourth-order valence-corrected chi connectivity index (χ4v) is 3.51. The Morgan fingerprint density at radius 1 is 1.54 bits per heavy atom. The van der Waals surface area contributed by atoms with Crippen LogP contribution in [0.2, 0.25) is 0 Å². The van der Waals surface area contributed by atoms with Crippen LogP contribution in [0.4, 0.5) is 0 Å². The summed E-state index contributed by atoms with van der Waals surface area (Å²) in [5.74, 6) is -0.342. The molecule has 4 nitrogen and oxygen atoms in total. The number of carboxylic acids is 1. The van der Waals surface area contributed by atoms with Crippen molar-refractivity contribution in [1.29, 1.82) is 0 Å². The van der Waals surface area contributed by atoms with E-state index in [-0.39, 0.29) is 17.7 Å². The van der Waals surface area contributed by atoms with Crippen LogP contribution < -0.4 is 5.32 Å². The fraction of sp³-hybridized carbons (Fsp3) is 0.778. The smallest absolute Gasteiger partial charge is 0.329 e. The Hall–Kier alpha value is -1.06. The number of carbonyl (C=O) groups is 2. The first-order valence-corrected chi connectivity index (χ1v) is 4.69. The number of fused-ring (bicyclic) bond motifs is 1. The molecule has 3 aliphatic rings. The Labute approximate surface area is 75.3 Å². The molecule has 1 saturated heterocycles. The predicted molar refractivity (Wildman–Crippen MR) is 42.8 cm³/mol. The molecule has 4 atom stereocenters. The van der Waals surface area contributed by atoms with Crippen LogP contribution in [0.25, 0.3) is 0 Å². The minimum Gasteiger partial charge on any atom is -0.479 e. The Balaban J connectivity index is 2.09. The zero-order chi connectivity index (χ0) is 9.22. The minimum absolute atomic E-state index is 0.00477. The Kier molecular flexibility index (Phi) is 1.07. The number of hydrogen-bond donors (Lipinski definition) is 2. The highest BCUT2D eigenvalue weighted by atomic mass is 16.4. The molecule has 0 spiro atoms. The van der Waals surface area contributed by atoms with Gasteiger partial charge in [-0.1, -0.05) is 0 Å². The number of nitrogens with one attached hydrogen (secondary N) is 1. The van der Waals surface area contributed by atoms with Crippen LogP contribution in [0.15, 0.2) is 0 Å². The first kappa shape index (κ1) is 7.35. The van der Waals surface area contributed by atoms with E-state index < -0.39 is 11.5 Å². The summed E-state index contributed by atoms with van der Waals surface area (Å²) in [5, 5.41) is 11.8. The lowest BCUT2D eigenvalue weighted by Crippen LogP contribution is -2.50. The van der Waals surface area contributed by atoms with Crippen LogP contribution in [0.1, 0.15) is 19.3 Å². The van der Waals surface area contributed by atoms with Crippen LogP contribution in [0, 0.1) is 17.8 Å². The summed E-state index contributed by atoms with van der Waals surface area (Å²) in [7, 11) is 0. The van der Waals surface area contributed by atoms with Gasteiger partial charge in [0.25, 0.3) is 0 Å². The molecule has 0 aromatic rings. The summed E-state index contributed by atoms with van der Waals surface area (Å²) in [4.78, 5) is 22.5. The third-order valence-electron chi connectivity index (χ3n) is 3.97. The van der Waals surface area contributed by atoms with Crippen LogP contribution in [0.3, 0.4) is 0 Å². The number of rotatable bonds is 1. The molecular formula is C9H11NO3. The molecule has 3 rings (SSSR count). The molecule has 1 aliphatic heterocycles. The Bertz CT molecular complexity index is 312. The van der Waals surface area contributed by atoms with Crippen LogP contribution in [0.5, 0.6) is 0 Å². The van der Waals surface area contributed by atoms with Gasteiger partial charge < -0.3 is 10.4 Å². The molecule has 3 fully saturated rings. The maximum atomic E-state index is 11.4. The van der Waals surface area contributed by atoms with Gasteiger partial charge in [0.05, 0.1) is 0 Å². The van der Waals surface area contributed by atoms with Gasteiger partial charge in [-0.05, 0) is 25.2 Å². The molecule has 13 heavy (non-hydrogen) atoms. The first-order chi connectivity index (χ1) is 6.13. The van der Waals surface area contributed by atoms with E-state index in [0.29, 0.717) is 12.3 Å². The van der Waals surface area contributed by atoms with Crippen molar-refractivity contribution in [3.05, 3.63) is 0 Å². The molecule has 2 aliphatic carbocycles. The molecule has 2 saturated carbocycles. The van der Waals surface area contributed by atoms with E-state index in [1.807, 2.05) is 0 Å². The summed E-state index contributed by atoms with van der Waals surface area (Å²) in [6, 6.07) is 0. The van der Waals surface area contributed by atoms with Gasteiger partial charge >= 0.3 is 5.97 Å². The lowest BCUT2D eigenvalue weighted by atomic mass is 9.79. The second-order valence-electron chi connectivity index (χ2n) is 4.52. The Morgan fingerprint density at radius 3 is 2.85 bits per heavy atom. The molecule has 2 bridgehead atoms. The quantitative estimate of drug-likeness (QED) is 0.597. The van der Waals surface area contributed by atoms with Crippen molar-refractivity contribution in [2.24, 2.45) is 17.8 Å². The zero-order valence-electron chi connectivity index (χ0n) is 7.12. The maximum absolute atomic E-state index is 11.4. The summed E-state index contributed by atoms with van der Waals surface area (Å²) in [5.41, 5.74) is -0.884. The average molecular weight is 181 g/mol. The number of amides is 1. The predicted octanol–water partition coefficient (Wildman–Crippen LogP) is -0.0143. The van der Waals surface area contributed by atoms with Gasteiger partial charge in [0.2, 0.25) is 5.91 Å². The molecule has 1 heterocycles. The largest absolute Gasteiger partial charge is 0.479 e. The molecule has 4 heteroatoms. The van der Waals surface area contributed by atoms with E-state index in [4.69, 9.17) is 5.11 Å². The monoisotopic (exact) mass is 181 g/mol. The van der Waals surface area contributed by atoms with Gasteiger partial charge in [-0.25, -0.2) is 4.79 Å². The number of hydrogen-bond acceptors (Lipinski definition) is 2. The normalized spacial score (nSPS) is 51.1. The van der Waals surface area contributed by atoms with Crippen molar-refractivity contribution in [2.75, 3.05) is 0 Å². The van der Waals surface area contributed by atoms with Crippen molar-refractivity contribution < 1.29 is 14.7 Å². The zero-order valence-corrected chi connectivity index (χ0v) is 7.12. The molecule has 0 aromatic carbocycles. The van der Waals surface area contributed by atoms with Crippen LogP contribution >= 0.6 is 0 Å². The van der Waals surface area contributed by atoms with Gasteiger partial charge in [-0.15, -0.1) is 0 Å². The first-order valence-electron chi connectivity index (χ1n) is 4.69. The van der Waals surface area contributed by atoms with Crippen molar-refractivity contribution >= 4 is 11.9 Å². The maximum Gasteiger partial charge on any atom is 0.329 e. The third-order valence-corrected chi connectivity index (χ3v) is 3.97. The van der Waals surface area contributed by atoms with Crippen molar-refractivity contribution in [3.63, 3.8) is 0 Å². The van der Waals surface area contributed by atoms with Gasteiger partial charge in [0, 0.05) is 11.8 Å². The lowest BCUT2D eigenvalue weighted by Gasteiger charge is -2.27. The summed E-state index contributed by atoms with van der Waals surface area (Å²) < 4.78 is 0. The van der Waals surface area contributed by atoms with E-state index in [2.05, 4.69) is 5.32 Å². The molecule has 0 unspecified atom stereocenters. The molecule has 2 N–H and O–H groups in total. The molecule has 1 amide bonds. The summed E-state index contributed by atoms with van der Waals surface area (Å²) in [6.07, 6.45) is 2.48. The van der Waals surface area contributed by atoms with Gasteiger partial charge in [-0.2, -0.15) is 0 Å². The van der Waals surface area contributed by atoms with Crippen molar-refractivity contribution in [2.45, 2.75) is 24.8 Å². The second-order valence-corrected chi connectivity index (χ2v) is 4.52. The van der Waals surface area contributed by atoms with E-state index >= 15 is 0 Å². The summed E-state index contributed by atoms with van der Waals surface area (Å²) in [6.45, 7) is 0. The van der Waals surface area contributed by atoms with E-state index in [9.17, 15) is 9.59 Å². The van der Waals surface area contributed by atoms with Gasteiger partial charge in [-0.3, -0.25) is 4.79 Å². The van der Waals surface area contributed by atoms with Crippen LogP contribution in [-0.4, -0.2) is 22.5 Å². The molecule has 70 valence electrons. The average Bonchev–Trinajstić information content (AvgIpc) is 2.61. The Morgan fingerprint density at radius 2 is 2.31 bits per heavy atom. The topological polar surface area (TPSA) is 66.4 Å². The number of carboxylic acid groups (broad SMARTS) is 1. The van der Waals surface area contributed by atoms with E-state index in [0.717, 1.165) is 12.8 Å². The molecular weight excluding hydrogens is 170 g/mol. The fourth-order valence-electron chi connectivity index (χ4n) is 3.51. The second kappa shape index (κ2) is 1.89. The number of aliphatic carboxylic acids is 1. The van der Waals surface area contributed by atoms with E-state index in [1.54, 1.807) is 0 Å².